The molecule has 2 unspecified atom stereocenters. The van der Waals surface area contributed by atoms with E-state index in [0.29, 0.717) is 11.4 Å². The van der Waals surface area contributed by atoms with Gasteiger partial charge in [0.25, 0.3) is 5.91 Å². The van der Waals surface area contributed by atoms with Crippen LogP contribution in [0.15, 0.2) is 11.4 Å². The monoisotopic (exact) mass is 304 g/mol. The van der Waals surface area contributed by atoms with Gasteiger partial charge in [0.1, 0.15) is 4.88 Å². The van der Waals surface area contributed by atoms with Gasteiger partial charge in [-0.25, -0.2) is 0 Å². The zero-order valence-electron chi connectivity index (χ0n) is 12.7. The molecule has 1 aliphatic carbocycles. The van der Waals surface area contributed by atoms with Gasteiger partial charge in [-0.05, 0) is 36.1 Å². The van der Waals surface area contributed by atoms with Crippen LogP contribution in [0.4, 0.5) is 0 Å². The number of amides is 1. The average molecular weight is 304 g/mol. The largest absolute Gasteiger partial charge is 0.351 e. The van der Waals surface area contributed by atoms with Crippen LogP contribution in [0.25, 0.3) is 0 Å². The molecule has 21 heavy (non-hydrogen) atoms. The lowest BCUT2D eigenvalue weighted by atomic mass is 9.81. The zero-order chi connectivity index (χ0) is 15.1. The van der Waals surface area contributed by atoms with Gasteiger partial charge in [-0.15, -0.1) is 11.3 Å². The normalized spacial score (nSPS) is 21.4. The first kappa shape index (κ1) is 16.1. The minimum atomic E-state index is -0.00446. The van der Waals surface area contributed by atoms with Gasteiger partial charge in [-0.2, -0.15) is 0 Å². The van der Waals surface area contributed by atoms with Crippen LogP contribution in [0.1, 0.15) is 54.3 Å². The summed E-state index contributed by atoms with van der Waals surface area (Å²) < 4.78 is 0. The van der Waals surface area contributed by atoms with E-state index in [0.717, 1.165) is 30.4 Å². The fourth-order valence-corrected chi connectivity index (χ4v) is 3.79. The second-order valence-electron chi connectivity index (χ2n) is 5.85. The summed E-state index contributed by atoms with van der Waals surface area (Å²) in [5.74, 6) is 7.37. The minimum Gasteiger partial charge on any atom is -0.351 e. The van der Waals surface area contributed by atoms with Crippen LogP contribution < -0.4 is 11.1 Å². The van der Waals surface area contributed by atoms with Gasteiger partial charge in [0, 0.05) is 12.1 Å². The molecule has 1 aromatic rings. The first-order chi connectivity index (χ1) is 10.2. The van der Waals surface area contributed by atoms with E-state index >= 15 is 0 Å². The summed E-state index contributed by atoms with van der Waals surface area (Å²) >= 11 is 1.44. The van der Waals surface area contributed by atoms with Crippen LogP contribution in [0.3, 0.4) is 0 Å². The Morgan fingerprint density at radius 3 is 3.14 bits per heavy atom. The Balaban J connectivity index is 1.81. The molecule has 0 spiro atoms. The maximum absolute atomic E-state index is 12.2. The Labute approximate surface area is 131 Å². The molecular weight excluding hydrogens is 280 g/mol. The average Bonchev–Trinajstić information content (AvgIpc) is 2.93. The molecule has 2 atom stereocenters. The maximum Gasteiger partial charge on any atom is 0.262 e. The van der Waals surface area contributed by atoms with Gasteiger partial charge in [-0.1, -0.05) is 38.0 Å². The molecule has 1 aromatic heterocycles. The summed E-state index contributed by atoms with van der Waals surface area (Å²) in [7, 11) is 0. The van der Waals surface area contributed by atoms with E-state index in [1.807, 2.05) is 11.4 Å². The van der Waals surface area contributed by atoms with Crippen molar-refractivity contribution < 1.29 is 4.79 Å². The molecule has 0 saturated heterocycles. The molecule has 0 aliphatic heterocycles. The molecule has 1 heterocycles. The van der Waals surface area contributed by atoms with Crippen molar-refractivity contribution in [3.63, 3.8) is 0 Å². The molecule has 1 saturated carbocycles. The van der Waals surface area contributed by atoms with Gasteiger partial charge in [0.05, 0.1) is 6.54 Å². The second kappa shape index (κ2) is 8.21. The third kappa shape index (κ3) is 4.87. The third-order valence-electron chi connectivity index (χ3n) is 4.08. The van der Waals surface area contributed by atoms with Crippen molar-refractivity contribution in [3.8, 4) is 11.8 Å². The Bertz CT molecular complexity index is 526. The van der Waals surface area contributed by atoms with Gasteiger partial charge in [-0.3, -0.25) is 4.79 Å². The Kier molecular flexibility index (Phi) is 6.28. The fraction of sp³-hybridized carbons (Fsp3) is 0.588. The molecule has 0 bridgehead atoms. The lowest BCUT2D eigenvalue weighted by Crippen LogP contribution is -2.27. The highest BCUT2D eigenvalue weighted by molar-refractivity contribution is 7.12. The van der Waals surface area contributed by atoms with Gasteiger partial charge < -0.3 is 11.1 Å². The Morgan fingerprint density at radius 1 is 1.52 bits per heavy atom. The molecule has 3 N–H and O–H groups in total. The number of nitrogens with one attached hydrogen (secondary N) is 1. The van der Waals surface area contributed by atoms with E-state index in [1.165, 1.54) is 37.0 Å². The first-order valence-electron chi connectivity index (χ1n) is 7.75. The second-order valence-corrected chi connectivity index (χ2v) is 6.77. The number of carbonyl (C=O) groups is 1. The van der Waals surface area contributed by atoms with E-state index in [2.05, 4.69) is 24.1 Å². The van der Waals surface area contributed by atoms with E-state index in [-0.39, 0.29) is 5.91 Å². The van der Waals surface area contributed by atoms with E-state index < -0.39 is 0 Å². The summed E-state index contributed by atoms with van der Waals surface area (Å²) in [6.07, 6.45) is 6.41. The molecule has 4 heteroatoms. The van der Waals surface area contributed by atoms with Gasteiger partial charge in [0.2, 0.25) is 0 Å². The summed E-state index contributed by atoms with van der Waals surface area (Å²) in [5, 5.41) is 4.94. The quantitative estimate of drug-likeness (QED) is 0.840. The van der Waals surface area contributed by atoms with Crippen LogP contribution in [0.5, 0.6) is 0 Å². The van der Waals surface area contributed by atoms with Crippen LogP contribution in [0, 0.1) is 23.7 Å². The lowest BCUT2D eigenvalue weighted by molar-refractivity contribution is 0.0953. The number of carbonyl (C=O) groups excluding carboxylic acids is 1. The summed E-state index contributed by atoms with van der Waals surface area (Å²) in [5.41, 5.74) is 6.16. The minimum absolute atomic E-state index is 0.00446. The van der Waals surface area contributed by atoms with Gasteiger partial charge in [0.15, 0.2) is 0 Å². The third-order valence-corrected chi connectivity index (χ3v) is 4.99. The van der Waals surface area contributed by atoms with Crippen LogP contribution >= 0.6 is 11.3 Å². The molecule has 1 fully saturated rings. The van der Waals surface area contributed by atoms with E-state index in [4.69, 9.17) is 5.73 Å². The lowest BCUT2D eigenvalue weighted by Gasteiger charge is -2.26. The molecule has 0 radical (unpaired) electrons. The van der Waals surface area contributed by atoms with Crippen molar-refractivity contribution in [2.24, 2.45) is 17.6 Å². The Morgan fingerprint density at radius 2 is 2.38 bits per heavy atom. The van der Waals surface area contributed by atoms with Crippen molar-refractivity contribution >= 4 is 17.2 Å². The van der Waals surface area contributed by atoms with Crippen molar-refractivity contribution in [1.82, 2.24) is 5.32 Å². The predicted octanol–water partition coefficient (Wildman–Crippen LogP) is 3.00. The fourth-order valence-electron chi connectivity index (χ4n) is 3.02. The predicted molar refractivity (Wildman–Crippen MR) is 88.3 cm³/mol. The Hall–Kier alpha value is -1.31. The number of hydrogen-bond donors (Lipinski definition) is 2. The highest BCUT2D eigenvalue weighted by Gasteiger charge is 2.19. The standard InChI is InChI=1S/C17H24N2OS/c1-13-4-2-5-14(12-13)7-10-19-17(20)16-15(6-3-9-18)8-11-21-16/h8,11,13-14H,2,4-5,7,9-10,12,18H2,1H3,(H,19,20). The smallest absolute Gasteiger partial charge is 0.262 e. The maximum atomic E-state index is 12.2. The van der Waals surface area contributed by atoms with Gasteiger partial charge >= 0.3 is 0 Å². The van der Waals surface area contributed by atoms with E-state index in [9.17, 15) is 4.79 Å². The molecule has 114 valence electrons. The van der Waals surface area contributed by atoms with E-state index in [1.54, 1.807) is 0 Å². The van der Waals surface area contributed by atoms with Crippen molar-refractivity contribution in [2.75, 3.05) is 13.1 Å². The topological polar surface area (TPSA) is 55.1 Å². The van der Waals surface area contributed by atoms with Crippen molar-refractivity contribution in [1.29, 1.82) is 0 Å². The summed E-state index contributed by atoms with van der Waals surface area (Å²) in [6.45, 7) is 3.41. The highest BCUT2D eigenvalue weighted by atomic mass is 32.1. The van der Waals surface area contributed by atoms with Crippen LogP contribution in [-0.4, -0.2) is 19.0 Å². The summed E-state index contributed by atoms with van der Waals surface area (Å²) in [6, 6.07) is 1.88. The molecule has 3 nitrogen and oxygen atoms in total. The highest BCUT2D eigenvalue weighted by Crippen LogP contribution is 2.30. The number of rotatable bonds is 4. The molecule has 1 amide bonds. The summed E-state index contributed by atoms with van der Waals surface area (Å²) in [4.78, 5) is 12.9. The number of hydrogen-bond acceptors (Lipinski definition) is 3. The SMILES string of the molecule is CC1CCCC(CCNC(=O)c2sccc2C#CCN)C1. The van der Waals surface area contributed by atoms with Crippen LogP contribution in [-0.2, 0) is 0 Å². The number of nitrogens with two attached hydrogens (primary N) is 1. The first-order valence-corrected chi connectivity index (χ1v) is 8.63. The molecule has 2 rings (SSSR count). The molecule has 1 aliphatic rings. The molecule has 0 aromatic carbocycles. The van der Waals surface area contributed by atoms with Crippen molar-refractivity contribution in [2.45, 2.75) is 39.0 Å². The zero-order valence-corrected chi connectivity index (χ0v) is 13.5. The number of thiophene rings is 1. The molecular formula is C17H24N2OS. The van der Waals surface area contributed by atoms with Crippen molar-refractivity contribution in [3.05, 3.63) is 21.9 Å². The van der Waals surface area contributed by atoms with Crippen LogP contribution in [0.2, 0.25) is 0 Å².